The molecule has 132 valence electrons. The van der Waals surface area contributed by atoms with E-state index in [1.807, 2.05) is 4.90 Å². The number of rotatable bonds is 7. The first-order valence-electron chi connectivity index (χ1n) is 7.18. The van der Waals surface area contributed by atoms with Gasteiger partial charge in [-0.1, -0.05) is 11.8 Å². The van der Waals surface area contributed by atoms with Gasteiger partial charge in [-0.2, -0.15) is 0 Å². The second-order valence-corrected chi connectivity index (χ2v) is 6.96. The summed E-state index contributed by atoms with van der Waals surface area (Å²) in [5.41, 5.74) is -0.681. The number of morpholine rings is 1. The molecule has 11 heteroatoms. The van der Waals surface area contributed by atoms with Gasteiger partial charge in [-0.25, -0.2) is 0 Å². The maximum atomic E-state index is 11.3. The first kappa shape index (κ1) is 18.9. The Labute approximate surface area is 148 Å². The third kappa shape index (κ3) is 4.36. The number of hydrogen-bond acceptors (Lipinski definition) is 9. The molecule has 1 unspecified atom stereocenters. The summed E-state index contributed by atoms with van der Waals surface area (Å²) in [5, 5.41) is 22.1. The highest BCUT2D eigenvalue weighted by Gasteiger charge is 2.38. The highest BCUT2D eigenvalue weighted by Crippen LogP contribution is 2.44. The number of ether oxygens (including phenoxy) is 2. The van der Waals surface area contributed by atoms with Crippen molar-refractivity contribution in [2.24, 2.45) is 0 Å². The number of thiol groups is 1. The van der Waals surface area contributed by atoms with E-state index in [9.17, 15) is 20.2 Å². The molecule has 0 aromatic heterocycles. The largest absolute Gasteiger partial charge is 0.379 e. The third-order valence-corrected chi connectivity index (χ3v) is 5.23. The highest BCUT2D eigenvalue weighted by atomic mass is 32.2. The van der Waals surface area contributed by atoms with Gasteiger partial charge in [-0.15, -0.1) is 12.6 Å². The van der Waals surface area contributed by atoms with Crippen molar-refractivity contribution in [3.8, 4) is 0 Å². The molecular weight excluding hydrogens is 358 g/mol. The molecule has 0 amide bonds. The van der Waals surface area contributed by atoms with Gasteiger partial charge >= 0.3 is 0 Å². The average molecular weight is 375 g/mol. The van der Waals surface area contributed by atoms with Gasteiger partial charge in [0.2, 0.25) is 4.39 Å². The molecule has 0 aliphatic carbocycles. The molecular formula is C13H17N3O6S2. The number of hydrogen-bond donors (Lipinski definition) is 1. The van der Waals surface area contributed by atoms with Crippen LogP contribution < -0.4 is 0 Å². The number of nitro benzene ring substituents is 2. The lowest BCUT2D eigenvalue weighted by Crippen LogP contribution is -2.49. The fourth-order valence-electron chi connectivity index (χ4n) is 2.21. The molecule has 1 aromatic rings. The number of nitro groups is 2. The van der Waals surface area contributed by atoms with Crippen LogP contribution in [0.2, 0.25) is 0 Å². The van der Waals surface area contributed by atoms with Gasteiger partial charge in [0.1, 0.15) is 0 Å². The number of benzene rings is 1. The van der Waals surface area contributed by atoms with E-state index in [0.29, 0.717) is 32.9 Å². The molecule has 1 heterocycles. The SMILES string of the molecule is CCOC(S)(Sc1ccc([N+](=O)[O-])cc1[N+](=O)[O-])N1CCOCC1. The van der Waals surface area contributed by atoms with Crippen molar-refractivity contribution >= 4 is 35.8 Å². The van der Waals surface area contributed by atoms with Gasteiger partial charge in [0.15, 0.2) is 0 Å². The van der Waals surface area contributed by atoms with Gasteiger partial charge in [-0.05, 0) is 13.0 Å². The van der Waals surface area contributed by atoms with Crippen molar-refractivity contribution in [3.05, 3.63) is 38.4 Å². The summed E-state index contributed by atoms with van der Waals surface area (Å²) in [6, 6.07) is 3.53. The van der Waals surface area contributed by atoms with Gasteiger partial charge in [-0.3, -0.25) is 25.1 Å². The zero-order valence-electron chi connectivity index (χ0n) is 12.9. The van der Waals surface area contributed by atoms with Gasteiger partial charge in [0, 0.05) is 25.8 Å². The molecule has 1 saturated heterocycles. The average Bonchev–Trinajstić information content (AvgIpc) is 2.55. The minimum atomic E-state index is -1.13. The Kier molecular flexibility index (Phi) is 6.40. The lowest BCUT2D eigenvalue weighted by Gasteiger charge is -2.40. The van der Waals surface area contributed by atoms with E-state index >= 15 is 0 Å². The summed E-state index contributed by atoms with van der Waals surface area (Å²) in [5.74, 6) is 0. The Morgan fingerprint density at radius 2 is 2.00 bits per heavy atom. The lowest BCUT2D eigenvalue weighted by atomic mass is 10.3. The summed E-state index contributed by atoms with van der Waals surface area (Å²) >= 11 is 5.64. The minimum Gasteiger partial charge on any atom is -0.379 e. The zero-order valence-corrected chi connectivity index (χ0v) is 14.6. The van der Waals surface area contributed by atoms with E-state index < -0.39 is 14.2 Å². The van der Waals surface area contributed by atoms with Crippen molar-refractivity contribution in [1.29, 1.82) is 0 Å². The zero-order chi connectivity index (χ0) is 17.7. The fourth-order valence-corrected chi connectivity index (χ4v) is 3.98. The van der Waals surface area contributed by atoms with E-state index in [1.165, 1.54) is 12.1 Å². The predicted molar refractivity (Wildman–Crippen MR) is 91.3 cm³/mol. The topological polar surface area (TPSA) is 108 Å². The molecule has 0 radical (unpaired) electrons. The molecule has 0 N–H and O–H groups in total. The Morgan fingerprint density at radius 3 is 2.54 bits per heavy atom. The Hall–Kier alpha value is -1.40. The van der Waals surface area contributed by atoms with Crippen molar-refractivity contribution < 1.29 is 19.3 Å². The molecule has 24 heavy (non-hydrogen) atoms. The van der Waals surface area contributed by atoms with Crippen LogP contribution in [0.3, 0.4) is 0 Å². The molecule has 1 aromatic carbocycles. The molecule has 0 spiro atoms. The van der Waals surface area contributed by atoms with Crippen LogP contribution in [0.4, 0.5) is 11.4 Å². The maximum absolute atomic E-state index is 11.3. The molecule has 2 rings (SSSR count). The van der Waals surface area contributed by atoms with E-state index in [1.54, 1.807) is 6.92 Å². The quantitative estimate of drug-likeness (QED) is 0.255. The number of nitrogens with zero attached hydrogens (tertiary/aromatic N) is 3. The Bertz CT molecular complexity index is 626. The normalized spacial score (nSPS) is 18.1. The van der Waals surface area contributed by atoms with Crippen LogP contribution in [0.5, 0.6) is 0 Å². The van der Waals surface area contributed by atoms with E-state index in [2.05, 4.69) is 12.6 Å². The van der Waals surface area contributed by atoms with Crippen molar-refractivity contribution in [2.75, 3.05) is 32.9 Å². The smallest absolute Gasteiger partial charge is 0.289 e. The van der Waals surface area contributed by atoms with Gasteiger partial charge in [0.25, 0.3) is 11.4 Å². The molecule has 1 aliphatic heterocycles. The third-order valence-electron chi connectivity index (χ3n) is 3.34. The minimum absolute atomic E-state index is 0.251. The van der Waals surface area contributed by atoms with Crippen LogP contribution in [-0.4, -0.2) is 52.0 Å². The summed E-state index contributed by atoms with van der Waals surface area (Å²) in [6.07, 6.45) is 0. The van der Waals surface area contributed by atoms with Crippen LogP contribution in [-0.2, 0) is 9.47 Å². The molecule has 0 saturated carbocycles. The summed E-state index contributed by atoms with van der Waals surface area (Å²) in [6.45, 7) is 4.32. The van der Waals surface area contributed by atoms with Crippen molar-refractivity contribution in [2.45, 2.75) is 16.2 Å². The van der Waals surface area contributed by atoms with Crippen LogP contribution in [0, 0.1) is 20.2 Å². The highest BCUT2D eigenvalue weighted by molar-refractivity contribution is 8.11. The summed E-state index contributed by atoms with van der Waals surface area (Å²) < 4.78 is 9.90. The second kappa shape index (κ2) is 8.12. The van der Waals surface area contributed by atoms with Crippen LogP contribution in [0.1, 0.15) is 6.92 Å². The van der Waals surface area contributed by atoms with E-state index in [4.69, 9.17) is 9.47 Å². The monoisotopic (exact) mass is 375 g/mol. The number of thioether (sulfide) groups is 1. The first-order chi connectivity index (χ1) is 11.4. The standard InChI is InChI=1S/C13H17N3O6S2/c1-2-22-13(23,14-5-7-21-8-6-14)24-12-4-3-10(15(17)18)9-11(12)16(19)20/h3-4,9,23H,2,5-8H2,1H3. The van der Waals surface area contributed by atoms with E-state index in [0.717, 1.165) is 17.8 Å². The maximum Gasteiger partial charge on any atom is 0.289 e. The Morgan fingerprint density at radius 1 is 1.33 bits per heavy atom. The van der Waals surface area contributed by atoms with Crippen LogP contribution in [0.25, 0.3) is 0 Å². The second-order valence-electron chi connectivity index (χ2n) is 4.85. The molecule has 9 nitrogen and oxygen atoms in total. The lowest BCUT2D eigenvalue weighted by molar-refractivity contribution is -0.396. The summed E-state index contributed by atoms with van der Waals surface area (Å²) in [7, 11) is 0. The molecule has 1 aliphatic rings. The Balaban J connectivity index is 2.34. The molecule has 1 fully saturated rings. The van der Waals surface area contributed by atoms with Crippen LogP contribution >= 0.6 is 24.4 Å². The summed E-state index contributed by atoms with van der Waals surface area (Å²) in [4.78, 5) is 23.0. The fraction of sp³-hybridized carbons (Fsp3) is 0.538. The van der Waals surface area contributed by atoms with Gasteiger partial charge < -0.3 is 9.47 Å². The van der Waals surface area contributed by atoms with Crippen molar-refractivity contribution in [1.82, 2.24) is 4.90 Å². The predicted octanol–water partition coefficient (Wildman–Crippen LogP) is 2.50. The van der Waals surface area contributed by atoms with Crippen molar-refractivity contribution in [3.63, 3.8) is 0 Å². The molecule has 0 bridgehead atoms. The van der Waals surface area contributed by atoms with Crippen LogP contribution in [0.15, 0.2) is 23.1 Å². The first-order valence-corrected chi connectivity index (χ1v) is 8.44. The molecule has 1 atom stereocenters. The number of non-ortho nitro benzene ring substituents is 1. The van der Waals surface area contributed by atoms with E-state index in [-0.39, 0.29) is 16.3 Å². The van der Waals surface area contributed by atoms with Gasteiger partial charge in [0.05, 0.1) is 34.0 Å².